The first-order valence-corrected chi connectivity index (χ1v) is 9.69. The normalized spacial score (nSPS) is 11.4. The molecular weight excluding hydrogens is 403 g/mol. The molecule has 0 atom stereocenters. The summed E-state index contributed by atoms with van der Waals surface area (Å²) in [6.07, 6.45) is 3.43. The second kappa shape index (κ2) is 7.48. The predicted octanol–water partition coefficient (Wildman–Crippen LogP) is 5.57. The van der Waals surface area contributed by atoms with Gasteiger partial charge in [0.05, 0.1) is 28.6 Å². The van der Waals surface area contributed by atoms with Crippen molar-refractivity contribution in [2.24, 2.45) is 0 Å². The van der Waals surface area contributed by atoms with Crippen molar-refractivity contribution in [2.75, 3.05) is 7.11 Å². The third-order valence-corrected chi connectivity index (χ3v) is 5.17. The van der Waals surface area contributed by atoms with Crippen LogP contribution in [0.1, 0.15) is 5.82 Å². The first-order chi connectivity index (χ1) is 14.7. The molecule has 0 amide bonds. The molecule has 0 bridgehead atoms. The summed E-state index contributed by atoms with van der Waals surface area (Å²) in [6, 6.07) is 16.0. The number of hydrogen-bond donors (Lipinski definition) is 0. The number of halogens is 2. The van der Waals surface area contributed by atoms with E-state index in [2.05, 4.69) is 9.97 Å². The minimum atomic E-state index is -0.384. The van der Waals surface area contributed by atoms with Crippen molar-refractivity contribution in [2.45, 2.75) is 6.61 Å². The Morgan fingerprint density at radius 2 is 1.90 bits per heavy atom. The van der Waals surface area contributed by atoms with Crippen LogP contribution < -0.4 is 0 Å². The van der Waals surface area contributed by atoms with Crippen LogP contribution in [-0.2, 0) is 11.3 Å². The Bertz CT molecular complexity index is 1400. The Morgan fingerprint density at radius 3 is 2.77 bits per heavy atom. The molecule has 0 spiro atoms. The number of nitrogens with zero attached hydrogens (tertiary/aromatic N) is 4. The molecule has 3 heterocycles. The first kappa shape index (κ1) is 18.7. The van der Waals surface area contributed by atoms with Crippen molar-refractivity contribution < 1.29 is 9.13 Å². The van der Waals surface area contributed by atoms with Gasteiger partial charge in [-0.25, -0.2) is 14.4 Å². The number of rotatable bonds is 4. The summed E-state index contributed by atoms with van der Waals surface area (Å²) >= 11 is 6.14. The number of benzene rings is 2. The molecule has 5 rings (SSSR count). The standard InChI is InChI=1S/C23H16ClFN4O/c1-30-13-23-28-20-12-26-9-8-21(20)29(23)22-11-19(16-10-14(24)6-7-17(16)25)27-18-5-3-2-4-15(18)22/h2-12H,13H2,1H3. The topological polar surface area (TPSA) is 52.8 Å². The molecule has 3 aromatic heterocycles. The van der Waals surface area contributed by atoms with E-state index in [1.807, 2.05) is 41.0 Å². The fraction of sp³-hybridized carbons (Fsp3) is 0.0870. The van der Waals surface area contributed by atoms with E-state index in [-0.39, 0.29) is 5.82 Å². The van der Waals surface area contributed by atoms with Crippen LogP contribution in [0.5, 0.6) is 0 Å². The van der Waals surface area contributed by atoms with Crippen LogP contribution in [0.25, 0.3) is 38.9 Å². The number of imidazole rings is 1. The number of fused-ring (bicyclic) bond motifs is 2. The molecule has 0 aliphatic carbocycles. The van der Waals surface area contributed by atoms with Crippen molar-refractivity contribution in [1.29, 1.82) is 0 Å². The molecular formula is C23H16ClFN4O. The highest BCUT2D eigenvalue weighted by Gasteiger charge is 2.18. The molecule has 0 saturated heterocycles. The summed E-state index contributed by atoms with van der Waals surface area (Å²) in [4.78, 5) is 13.6. The van der Waals surface area contributed by atoms with Gasteiger partial charge in [-0.2, -0.15) is 0 Å². The van der Waals surface area contributed by atoms with Crippen LogP contribution in [0, 0.1) is 5.82 Å². The third kappa shape index (κ3) is 3.10. The molecule has 0 fully saturated rings. The molecule has 5 nitrogen and oxygen atoms in total. The highest BCUT2D eigenvalue weighted by atomic mass is 35.5. The van der Waals surface area contributed by atoms with Gasteiger partial charge in [-0.1, -0.05) is 29.8 Å². The number of hydrogen-bond acceptors (Lipinski definition) is 4. The average molecular weight is 419 g/mol. The lowest BCUT2D eigenvalue weighted by Crippen LogP contribution is -2.04. The van der Waals surface area contributed by atoms with Gasteiger partial charge in [0, 0.05) is 29.3 Å². The largest absolute Gasteiger partial charge is 0.377 e. The number of pyridine rings is 2. The predicted molar refractivity (Wildman–Crippen MR) is 115 cm³/mol. The minimum Gasteiger partial charge on any atom is -0.377 e. The molecule has 0 aliphatic heterocycles. The Balaban J connectivity index is 1.87. The highest BCUT2D eigenvalue weighted by molar-refractivity contribution is 6.30. The van der Waals surface area contributed by atoms with E-state index in [9.17, 15) is 4.39 Å². The maximum Gasteiger partial charge on any atom is 0.140 e. The van der Waals surface area contributed by atoms with Gasteiger partial charge in [-0.15, -0.1) is 0 Å². The number of para-hydroxylation sites is 1. The van der Waals surface area contributed by atoms with Crippen molar-refractivity contribution in [3.05, 3.63) is 83.7 Å². The number of aromatic nitrogens is 4. The van der Waals surface area contributed by atoms with Crippen LogP contribution in [0.4, 0.5) is 4.39 Å². The molecule has 0 aliphatic rings. The Hall–Kier alpha value is -3.35. The summed E-state index contributed by atoms with van der Waals surface area (Å²) in [5, 5.41) is 1.36. The highest BCUT2D eigenvalue weighted by Crippen LogP contribution is 2.32. The Morgan fingerprint density at radius 1 is 1.03 bits per heavy atom. The molecule has 30 heavy (non-hydrogen) atoms. The molecule has 7 heteroatoms. The monoisotopic (exact) mass is 418 g/mol. The van der Waals surface area contributed by atoms with E-state index < -0.39 is 0 Å². The molecule has 5 aromatic rings. The van der Waals surface area contributed by atoms with Crippen LogP contribution >= 0.6 is 11.6 Å². The van der Waals surface area contributed by atoms with Crippen molar-refractivity contribution in [3.63, 3.8) is 0 Å². The minimum absolute atomic E-state index is 0.312. The number of methoxy groups -OCH3 is 1. The van der Waals surface area contributed by atoms with Gasteiger partial charge < -0.3 is 4.74 Å². The van der Waals surface area contributed by atoms with Gasteiger partial charge in [-0.05, 0) is 36.4 Å². The van der Waals surface area contributed by atoms with Gasteiger partial charge in [0.2, 0.25) is 0 Å². The summed E-state index contributed by atoms with van der Waals surface area (Å²) in [7, 11) is 1.62. The van der Waals surface area contributed by atoms with Gasteiger partial charge in [0.15, 0.2) is 0 Å². The lowest BCUT2D eigenvalue weighted by atomic mass is 10.1. The summed E-state index contributed by atoms with van der Waals surface area (Å²) < 4.78 is 22.0. The van der Waals surface area contributed by atoms with E-state index in [0.717, 1.165) is 33.4 Å². The van der Waals surface area contributed by atoms with E-state index >= 15 is 0 Å². The fourth-order valence-corrected chi connectivity index (χ4v) is 3.82. The Labute approximate surface area is 176 Å². The lowest BCUT2D eigenvalue weighted by Gasteiger charge is -2.14. The van der Waals surface area contributed by atoms with Crippen LogP contribution in [0.2, 0.25) is 5.02 Å². The number of ether oxygens (including phenoxy) is 1. The quantitative estimate of drug-likeness (QED) is 0.382. The van der Waals surface area contributed by atoms with Crippen LogP contribution in [-0.4, -0.2) is 26.6 Å². The van der Waals surface area contributed by atoms with Crippen molar-refractivity contribution in [3.8, 4) is 16.9 Å². The molecule has 148 valence electrons. The second-order valence-corrected chi connectivity index (χ2v) is 7.27. The lowest BCUT2D eigenvalue weighted by molar-refractivity contribution is 0.177. The molecule has 0 saturated carbocycles. The van der Waals surface area contributed by atoms with E-state index in [4.69, 9.17) is 21.3 Å². The van der Waals surface area contributed by atoms with Crippen molar-refractivity contribution >= 4 is 33.5 Å². The zero-order valence-electron chi connectivity index (χ0n) is 16.0. The summed E-state index contributed by atoms with van der Waals surface area (Å²) in [5.41, 5.74) is 4.03. The van der Waals surface area contributed by atoms with Crippen LogP contribution in [0.15, 0.2) is 67.0 Å². The van der Waals surface area contributed by atoms with E-state index in [0.29, 0.717) is 22.9 Å². The maximum absolute atomic E-state index is 14.6. The molecule has 0 unspecified atom stereocenters. The van der Waals surface area contributed by atoms with E-state index in [1.54, 1.807) is 25.6 Å². The first-order valence-electron chi connectivity index (χ1n) is 9.31. The zero-order valence-corrected chi connectivity index (χ0v) is 16.8. The van der Waals surface area contributed by atoms with Crippen LogP contribution in [0.3, 0.4) is 0 Å². The molecule has 0 N–H and O–H groups in total. The maximum atomic E-state index is 14.6. The van der Waals surface area contributed by atoms with Crippen molar-refractivity contribution in [1.82, 2.24) is 19.5 Å². The van der Waals surface area contributed by atoms with Gasteiger partial charge >= 0.3 is 0 Å². The Kier molecular flexibility index (Phi) is 4.65. The third-order valence-electron chi connectivity index (χ3n) is 4.94. The SMILES string of the molecule is COCc1nc2cnccc2n1-c1cc(-c2cc(Cl)ccc2F)nc2ccccc12. The van der Waals surface area contributed by atoms with Gasteiger partial charge in [0.25, 0.3) is 0 Å². The summed E-state index contributed by atoms with van der Waals surface area (Å²) in [6.45, 7) is 0.312. The smallest absolute Gasteiger partial charge is 0.140 e. The van der Waals surface area contributed by atoms with Gasteiger partial charge in [0.1, 0.15) is 23.8 Å². The van der Waals surface area contributed by atoms with Gasteiger partial charge in [-0.3, -0.25) is 9.55 Å². The molecule has 2 aromatic carbocycles. The zero-order chi connectivity index (χ0) is 20.7. The molecule has 0 radical (unpaired) electrons. The fourth-order valence-electron chi connectivity index (χ4n) is 3.65. The van der Waals surface area contributed by atoms with E-state index in [1.165, 1.54) is 12.1 Å². The average Bonchev–Trinajstić information content (AvgIpc) is 3.13. The second-order valence-electron chi connectivity index (χ2n) is 6.83. The summed E-state index contributed by atoms with van der Waals surface area (Å²) in [5.74, 6) is 0.333.